The minimum absolute atomic E-state index is 0.147. The number of nitriles is 1. The van der Waals surface area contributed by atoms with Crippen LogP contribution in [0.2, 0.25) is 0 Å². The number of anilines is 1. The first-order valence-corrected chi connectivity index (χ1v) is 7.99. The summed E-state index contributed by atoms with van der Waals surface area (Å²) in [6.45, 7) is 6.46. The van der Waals surface area contributed by atoms with Gasteiger partial charge in [0.2, 0.25) is 10.0 Å². The molecule has 1 unspecified atom stereocenters. The first kappa shape index (κ1) is 16.4. The SMILES string of the molecule is CCNc1ccncc1S(=O)(=O)N(CC)CC(C)C#N. The Balaban J connectivity index is 3.18. The summed E-state index contributed by atoms with van der Waals surface area (Å²) in [4.78, 5) is 4.05. The van der Waals surface area contributed by atoms with E-state index in [-0.39, 0.29) is 17.4 Å². The van der Waals surface area contributed by atoms with Crippen LogP contribution in [0.25, 0.3) is 0 Å². The van der Waals surface area contributed by atoms with Gasteiger partial charge in [0.05, 0.1) is 17.7 Å². The fraction of sp³-hybridized carbons (Fsp3) is 0.538. The van der Waals surface area contributed by atoms with Crippen molar-refractivity contribution in [1.82, 2.24) is 9.29 Å². The highest BCUT2D eigenvalue weighted by atomic mass is 32.2. The molecule has 0 bridgehead atoms. The zero-order valence-electron chi connectivity index (χ0n) is 12.0. The second-order valence-corrected chi connectivity index (χ2v) is 6.29. The highest BCUT2D eigenvalue weighted by Crippen LogP contribution is 2.23. The molecule has 0 aliphatic rings. The highest BCUT2D eigenvalue weighted by molar-refractivity contribution is 7.89. The van der Waals surface area contributed by atoms with Crippen LogP contribution in [0, 0.1) is 17.2 Å². The van der Waals surface area contributed by atoms with Crippen LogP contribution in [0.15, 0.2) is 23.4 Å². The summed E-state index contributed by atoms with van der Waals surface area (Å²) in [7, 11) is -3.65. The monoisotopic (exact) mass is 296 g/mol. The Hall–Kier alpha value is -1.65. The number of hydrogen-bond donors (Lipinski definition) is 1. The molecule has 0 spiro atoms. The number of hydrogen-bond acceptors (Lipinski definition) is 5. The minimum Gasteiger partial charge on any atom is -0.384 e. The van der Waals surface area contributed by atoms with E-state index in [9.17, 15) is 8.42 Å². The van der Waals surface area contributed by atoms with E-state index in [1.54, 1.807) is 26.1 Å². The summed E-state index contributed by atoms with van der Waals surface area (Å²) in [6, 6.07) is 3.69. The van der Waals surface area contributed by atoms with Crippen LogP contribution >= 0.6 is 0 Å². The van der Waals surface area contributed by atoms with Crippen molar-refractivity contribution in [2.24, 2.45) is 5.92 Å². The number of nitrogens with one attached hydrogen (secondary N) is 1. The van der Waals surface area contributed by atoms with Gasteiger partial charge in [0.1, 0.15) is 4.90 Å². The maximum absolute atomic E-state index is 12.6. The number of aromatic nitrogens is 1. The van der Waals surface area contributed by atoms with Crippen LogP contribution in [0.4, 0.5) is 5.69 Å². The van der Waals surface area contributed by atoms with Gasteiger partial charge in [-0.1, -0.05) is 6.92 Å². The molecule has 0 aliphatic heterocycles. The van der Waals surface area contributed by atoms with E-state index < -0.39 is 10.0 Å². The molecule has 1 heterocycles. The quantitative estimate of drug-likeness (QED) is 0.827. The predicted octanol–water partition coefficient (Wildman–Crippen LogP) is 1.68. The normalized spacial score (nSPS) is 12.9. The van der Waals surface area contributed by atoms with Gasteiger partial charge in [-0.25, -0.2) is 8.42 Å². The summed E-state index contributed by atoms with van der Waals surface area (Å²) in [5.41, 5.74) is 0.533. The Kier molecular flexibility index (Phi) is 5.92. The Morgan fingerprint density at radius 1 is 1.50 bits per heavy atom. The summed E-state index contributed by atoms with van der Waals surface area (Å²) in [5, 5.41) is 11.9. The van der Waals surface area contributed by atoms with Gasteiger partial charge in [0.15, 0.2) is 0 Å². The second-order valence-electron chi connectivity index (χ2n) is 4.39. The van der Waals surface area contributed by atoms with E-state index in [0.29, 0.717) is 18.8 Å². The smallest absolute Gasteiger partial charge is 0.246 e. The molecular formula is C13H20N4O2S. The van der Waals surface area contributed by atoms with Gasteiger partial charge in [-0.15, -0.1) is 0 Å². The van der Waals surface area contributed by atoms with Crippen LogP contribution in [0.5, 0.6) is 0 Å². The van der Waals surface area contributed by atoms with E-state index in [1.807, 2.05) is 6.92 Å². The van der Waals surface area contributed by atoms with Crippen LogP contribution in [-0.2, 0) is 10.0 Å². The molecule has 20 heavy (non-hydrogen) atoms. The molecule has 1 N–H and O–H groups in total. The molecule has 1 rings (SSSR count). The molecule has 1 aromatic heterocycles. The summed E-state index contributed by atoms with van der Waals surface area (Å²) in [5.74, 6) is -0.357. The molecule has 0 saturated heterocycles. The van der Waals surface area contributed by atoms with E-state index in [2.05, 4.69) is 16.4 Å². The molecule has 0 saturated carbocycles. The van der Waals surface area contributed by atoms with E-state index >= 15 is 0 Å². The second kappa shape index (κ2) is 7.22. The van der Waals surface area contributed by atoms with Crippen LogP contribution in [-0.4, -0.2) is 37.3 Å². The van der Waals surface area contributed by atoms with Crippen molar-refractivity contribution < 1.29 is 8.42 Å². The summed E-state index contributed by atoms with van der Waals surface area (Å²) in [6.07, 6.45) is 2.89. The van der Waals surface area contributed by atoms with E-state index in [1.165, 1.54) is 10.5 Å². The Morgan fingerprint density at radius 2 is 2.20 bits per heavy atom. The van der Waals surface area contributed by atoms with Crippen molar-refractivity contribution in [3.63, 3.8) is 0 Å². The van der Waals surface area contributed by atoms with E-state index in [0.717, 1.165) is 0 Å². The molecule has 6 nitrogen and oxygen atoms in total. The van der Waals surface area contributed by atoms with Crippen molar-refractivity contribution in [2.45, 2.75) is 25.7 Å². The molecule has 0 aliphatic carbocycles. The minimum atomic E-state index is -3.65. The van der Waals surface area contributed by atoms with Crippen LogP contribution in [0.3, 0.4) is 0 Å². The van der Waals surface area contributed by atoms with Crippen molar-refractivity contribution in [2.75, 3.05) is 25.0 Å². The van der Waals surface area contributed by atoms with Crippen LogP contribution in [0.1, 0.15) is 20.8 Å². The van der Waals surface area contributed by atoms with Gasteiger partial charge in [-0.2, -0.15) is 9.57 Å². The Labute approximate surface area is 120 Å². The van der Waals surface area contributed by atoms with Gasteiger partial charge in [0, 0.05) is 32.0 Å². The summed E-state index contributed by atoms with van der Waals surface area (Å²) < 4.78 is 26.6. The van der Waals surface area contributed by atoms with E-state index in [4.69, 9.17) is 5.26 Å². The van der Waals surface area contributed by atoms with Gasteiger partial charge in [-0.05, 0) is 19.9 Å². The number of rotatable bonds is 7. The molecule has 1 atom stereocenters. The Bertz CT molecular complexity index is 580. The maximum Gasteiger partial charge on any atom is 0.246 e. The molecule has 0 radical (unpaired) electrons. The topological polar surface area (TPSA) is 86.1 Å². The van der Waals surface area contributed by atoms with Gasteiger partial charge in [-0.3, -0.25) is 4.98 Å². The first-order chi connectivity index (χ1) is 9.47. The van der Waals surface area contributed by atoms with Gasteiger partial charge in [0.25, 0.3) is 0 Å². The number of pyridine rings is 1. The van der Waals surface area contributed by atoms with Crippen molar-refractivity contribution in [3.05, 3.63) is 18.5 Å². The fourth-order valence-electron chi connectivity index (χ4n) is 1.80. The van der Waals surface area contributed by atoms with Gasteiger partial charge >= 0.3 is 0 Å². The molecule has 0 fully saturated rings. The average Bonchev–Trinajstić information content (AvgIpc) is 2.45. The van der Waals surface area contributed by atoms with Crippen LogP contribution < -0.4 is 5.32 Å². The van der Waals surface area contributed by atoms with Crippen molar-refractivity contribution >= 4 is 15.7 Å². The Morgan fingerprint density at radius 3 is 2.75 bits per heavy atom. The lowest BCUT2D eigenvalue weighted by molar-refractivity contribution is 0.400. The fourth-order valence-corrected chi connectivity index (χ4v) is 3.45. The summed E-state index contributed by atoms with van der Waals surface area (Å²) >= 11 is 0. The lowest BCUT2D eigenvalue weighted by Crippen LogP contribution is -2.34. The first-order valence-electron chi connectivity index (χ1n) is 6.55. The third kappa shape index (κ3) is 3.68. The highest BCUT2D eigenvalue weighted by Gasteiger charge is 2.27. The third-order valence-electron chi connectivity index (χ3n) is 2.82. The molecule has 0 aromatic carbocycles. The lowest BCUT2D eigenvalue weighted by Gasteiger charge is -2.22. The zero-order chi connectivity index (χ0) is 15.2. The third-order valence-corrected chi connectivity index (χ3v) is 4.79. The predicted molar refractivity (Wildman–Crippen MR) is 77.6 cm³/mol. The molecule has 0 amide bonds. The number of sulfonamides is 1. The van der Waals surface area contributed by atoms with Gasteiger partial charge < -0.3 is 5.32 Å². The molecule has 7 heteroatoms. The average molecular weight is 296 g/mol. The number of nitrogens with zero attached hydrogens (tertiary/aromatic N) is 3. The largest absolute Gasteiger partial charge is 0.384 e. The zero-order valence-corrected chi connectivity index (χ0v) is 12.8. The molecular weight excluding hydrogens is 276 g/mol. The lowest BCUT2D eigenvalue weighted by atomic mass is 10.2. The van der Waals surface area contributed by atoms with Crippen molar-refractivity contribution in [3.8, 4) is 6.07 Å². The molecule has 1 aromatic rings. The van der Waals surface area contributed by atoms with Crippen molar-refractivity contribution in [1.29, 1.82) is 5.26 Å². The standard InChI is InChI=1S/C13H20N4O2S/c1-4-16-12-6-7-15-9-13(12)20(18,19)17(5-2)10-11(3)8-14/h6-7,9,11H,4-5,10H2,1-3H3,(H,15,16). The molecule has 110 valence electrons. The maximum atomic E-state index is 12.6.